The van der Waals surface area contributed by atoms with Crippen molar-refractivity contribution < 1.29 is 9.72 Å². The number of nitrogens with zero attached hydrogens (tertiary/aromatic N) is 4. The van der Waals surface area contributed by atoms with Gasteiger partial charge in [-0.3, -0.25) is 19.5 Å². The van der Waals surface area contributed by atoms with Crippen LogP contribution in [0.4, 0.5) is 10.8 Å². The lowest BCUT2D eigenvalue weighted by Crippen LogP contribution is -2.36. The summed E-state index contributed by atoms with van der Waals surface area (Å²) in [6.07, 6.45) is 0.403. The Morgan fingerprint density at radius 3 is 2.72 bits per heavy atom. The van der Waals surface area contributed by atoms with E-state index in [0.717, 1.165) is 0 Å². The maximum Gasteiger partial charge on any atom is 0.348 e. The van der Waals surface area contributed by atoms with Crippen molar-refractivity contribution in [2.45, 2.75) is 33.2 Å². The number of hydrogen-bond acceptors (Lipinski definition) is 7. The average Bonchev–Trinajstić information content (AvgIpc) is 3.13. The van der Waals surface area contributed by atoms with Crippen LogP contribution in [0.5, 0.6) is 0 Å². The van der Waals surface area contributed by atoms with Crippen molar-refractivity contribution in [2.75, 3.05) is 5.32 Å². The van der Waals surface area contributed by atoms with E-state index in [9.17, 15) is 19.7 Å². The van der Waals surface area contributed by atoms with Gasteiger partial charge in [0, 0.05) is 34.5 Å². The Bertz CT molecular complexity index is 1140. The quantitative estimate of drug-likeness (QED) is 0.488. The van der Waals surface area contributed by atoms with Gasteiger partial charge in [0.05, 0.1) is 10.6 Å². The van der Waals surface area contributed by atoms with Gasteiger partial charge in [-0.05, 0) is 26.3 Å². The highest BCUT2D eigenvalue weighted by molar-refractivity contribution is 7.14. The molecule has 1 N–H and O–H groups in total. The molecule has 1 atom stereocenters. The van der Waals surface area contributed by atoms with E-state index < -0.39 is 16.7 Å². The second-order valence-electron chi connectivity index (χ2n) is 6.45. The number of aromatic nitrogens is 3. The van der Waals surface area contributed by atoms with Gasteiger partial charge in [-0.15, -0.1) is 11.3 Å². The van der Waals surface area contributed by atoms with Gasteiger partial charge in [-0.2, -0.15) is 4.98 Å². The molecule has 3 aromatic rings. The minimum absolute atomic E-state index is 0.0335. The zero-order valence-electron chi connectivity index (χ0n) is 16.1. The van der Waals surface area contributed by atoms with E-state index in [1.54, 1.807) is 37.4 Å². The first-order valence-electron chi connectivity index (χ1n) is 8.88. The van der Waals surface area contributed by atoms with E-state index in [1.165, 1.54) is 28.0 Å². The van der Waals surface area contributed by atoms with Crippen molar-refractivity contribution in [1.29, 1.82) is 0 Å². The molecule has 0 radical (unpaired) electrons. The van der Waals surface area contributed by atoms with Crippen LogP contribution in [0.2, 0.25) is 0 Å². The van der Waals surface area contributed by atoms with Crippen molar-refractivity contribution in [3.63, 3.8) is 0 Å². The Labute approximate surface area is 170 Å². The first-order chi connectivity index (χ1) is 13.8. The minimum Gasteiger partial charge on any atom is -0.300 e. The molecule has 0 fully saturated rings. The number of nitro benzene ring substituents is 1. The van der Waals surface area contributed by atoms with Crippen molar-refractivity contribution in [3.05, 3.63) is 67.7 Å². The summed E-state index contributed by atoms with van der Waals surface area (Å²) >= 11 is 1.20. The zero-order chi connectivity index (χ0) is 21.1. The lowest BCUT2D eigenvalue weighted by Gasteiger charge is -2.19. The normalized spacial score (nSPS) is 11.8. The molecule has 2 aromatic heterocycles. The maximum absolute atomic E-state index is 12.8. The number of aryl methyl sites for hydroxylation is 2. The Kier molecular flexibility index (Phi) is 5.83. The average molecular weight is 413 g/mol. The molecule has 3 rings (SSSR count). The van der Waals surface area contributed by atoms with Crippen molar-refractivity contribution in [1.82, 2.24) is 14.5 Å². The van der Waals surface area contributed by atoms with E-state index in [2.05, 4.69) is 15.3 Å². The van der Waals surface area contributed by atoms with Gasteiger partial charge in [-0.1, -0.05) is 19.1 Å². The van der Waals surface area contributed by atoms with Gasteiger partial charge in [-0.25, -0.2) is 9.78 Å². The number of thiazole rings is 1. The van der Waals surface area contributed by atoms with Gasteiger partial charge in [0.1, 0.15) is 6.04 Å². The van der Waals surface area contributed by atoms with E-state index in [-0.39, 0.29) is 11.6 Å². The number of rotatable bonds is 6. The fraction of sp³-hybridized carbons (Fsp3) is 0.263. The van der Waals surface area contributed by atoms with Crippen LogP contribution in [-0.2, 0) is 4.79 Å². The van der Waals surface area contributed by atoms with Crippen LogP contribution >= 0.6 is 11.3 Å². The maximum atomic E-state index is 12.8. The fourth-order valence-electron chi connectivity index (χ4n) is 3.06. The predicted molar refractivity (Wildman–Crippen MR) is 110 cm³/mol. The topological polar surface area (TPSA) is 120 Å². The Morgan fingerprint density at radius 1 is 1.31 bits per heavy atom. The largest absolute Gasteiger partial charge is 0.348 e. The number of non-ortho nitro benzene ring substituents is 1. The molecular formula is C19H19N5O4S. The smallest absolute Gasteiger partial charge is 0.300 e. The summed E-state index contributed by atoms with van der Waals surface area (Å²) < 4.78 is 1.37. The Balaban J connectivity index is 1.84. The van der Waals surface area contributed by atoms with Crippen molar-refractivity contribution in [2.24, 2.45) is 0 Å². The highest BCUT2D eigenvalue weighted by Gasteiger charge is 2.23. The van der Waals surface area contributed by atoms with Gasteiger partial charge < -0.3 is 5.32 Å². The molecule has 0 aliphatic heterocycles. The second kappa shape index (κ2) is 8.31. The molecule has 1 aromatic carbocycles. The predicted octanol–water partition coefficient (Wildman–Crippen LogP) is 3.48. The van der Waals surface area contributed by atoms with E-state index in [0.29, 0.717) is 34.2 Å². The molecule has 0 bridgehead atoms. The monoisotopic (exact) mass is 413 g/mol. The highest BCUT2D eigenvalue weighted by Crippen LogP contribution is 2.28. The summed E-state index contributed by atoms with van der Waals surface area (Å²) in [5.41, 5.74) is 1.85. The molecule has 2 heterocycles. The van der Waals surface area contributed by atoms with Crippen LogP contribution in [0, 0.1) is 24.0 Å². The highest BCUT2D eigenvalue weighted by atomic mass is 32.1. The molecule has 0 saturated heterocycles. The SMILES string of the molecule is CCC(C(=O)Nc1nc(-c2cccc([N+](=O)[O-])c2)cs1)n1c(C)cc(C)nc1=O. The van der Waals surface area contributed by atoms with Crippen LogP contribution in [0.1, 0.15) is 30.8 Å². The summed E-state index contributed by atoms with van der Waals surface area (Å²) in [6, 6.07) is 7.15. The molecule has 29 heavy (non-hydrogen) atoms. The van der Waals surface area contributed by atoms with Gasteiger partial charge >= 0.3 is 5.69 Å². The van der Waals surface area contributed by atoms with Crippen LogP contribution < -0.4 is 11.0 Å². The van der Waals surface area contributed by atoms with Gasteiger partial charge in [0.2, 0.25) is 5.91 Å². The van der Waals surface area contributed by atoms with Crippen LogP contribution in [0.25, 0.3) is 11.3 Å². The number of benzene rings is 1. The number of amides is 1. The molecule has 150 valence electrons. The van der Waals surface area contributed by atoms with Crippen LogP contribution in [0.3, 0.4) is 0 Å². The van der Waals surface area contributed by atoms with Gasteiger partial charge in [0.25, 0.3) is 5.69 Å². The molecule has 9 nitrogen and oxygen atoms in total. The Morgan fingerprint density at radius 2 is 2.07 bits per heavy atom. The standard InChI is InChI=1S/C19H19N5O4S/c1-4-16(23-12(3)8-11(2)20-19(23)26)17(25)22-18-21-15(10-29-18)13-6-5-7-14(9-13)24(27)28/h5-10,16H,4H2,1-3H3,(H,21,22,25). The lowest BCUT2D eigenvalue weighted by atomic mass is 10.1. The third kappa shape index (κ3) is 4.37. The van der Waals surface area contributed by atoms with Crippen molar-refractivity contribution >= 4 is 28.1 Å². The molecule has 0 saturated carbocycles. The molecule has 0 aliphatic carbocycles. The molecule has 1 unspecified atom stereocenters. The molecule has 0 aliphatic rings. The van der Waals surface area contributed by atoms with Gasteiger partial charge in [0.15, 0.2) is 5.13 Å². The molecular weight excluding hydrogens is 394 g/mol. The first-order valence-corrected chi connectivity index (χ1v) is 9.76. The first kappa shape index (κ1) is 20.3. The third-order valence-corrected chi connectivity index (χ3v) is 5.12. The number of carbonyl (C=O) groups is 1. The third-order valence-electron chi connectivity index (χ3n) is 4.36. The lowest BCUT2D eigenvalue weighted by molar-refractivity contribution is -0.384. The fourth-order valence-corrected chi connectivity index (χ4v) is 3.78. The van der Waals surface area contributed by atoms with E-state index >= 15 is 0 Å². The summed E-state index contributed by atoms with van der Waals surface area (Å²) in [4.78, 5) is 43.8. The number of nitrogens with one attached hydrogen (secondary N) is 1. The van der Waals surface area contributed by atoms with Crippen LogP contribution in [0.15, 0.2) is 40.5 Å². The summed E-state index contributed by atoms with van der Waals surface area (Å²) in [7, 11) is 0. The Hall–Kier alpha value is -3.40. The summed E-state index contributed by atoms with van der Waals surface area (Å²) in [5, 5.41) is 15.7. The number of anilines is 1. The zero-order valence-corrected chi connectivity index (χ0v) is 16.9. The van der Waals surface area contributed by atoms with Crippen LogP contribution in [-0.4, -0.2) is 25.4 Å². The minimum atomic E-state index is -0.722. The molecule has 0 spiro atoms. The van der Waals surface area contributed by atoms with Crippen molar-refractivity contribution in [3.8, 4) is 11.3 Å². The number of nitro groups is 1. The number of hydrogen-bond donors (Lipinski definition) is 1. The summed E-state index contributed by atoms with van der Waals surface area (Å²) in [6.45, 7) is 5.30. The number of carbonyl (C=O) groups excluding carboxylic acids is 1. The second-order valence-corrected chi connectivity index (χ2v) is 7.31. The molecule has 1 amide bonds. The molecule has 10 heteroatoms. The van der Waals surface area contributed by atoms with E-state index in [1.807, 2.05) is 6.92 Å². The van der Waals surface area contributed by atoms with E-state index in [4.69, 9.17) is 0 Å². The summed E-state index contributed by atoms with van der Waals surface area (Å²) in [5.74, 6) is -0.372.